The van der Waals surface area contributed by atoms with E-state index in [1.165, 1.54) is 0 Å². The zero-order valence-electron chi connectivity index (χ0n) is 18.6. The number of carboxylic acids is 1. The molecule has 1 aliphatic rings. The Hall–Kier alpha value is -3.35. The fraction of sp³-hybridized carbons (Fsp3) is 0.400. The Kier molecular flexibility index (Phi) is 7.51. The van der Waals surface area contributed by atoms with Gasteiger partial charge in [-0.1, -0.05) is 69.3 Å². The highest BCUT2D eigenvalue weighted by Crippen LogP contribution is 2.44. The van der Waals surface area contributed by atoms with Crippen LogP contribution < -0.4 is 10.6 Å². The average Bonchev–Trinajstić information content (AvgIpc) is 3.09. The third-order valence-corrected chi connectivity index (χ3v) is 5.96. The molecule has 0 saturated heterocycles. The number of alkyl carbamates (subject to hydrolysis) is 1. The summed E-state index contributed by atoms with van der Waals surface area (Å²) in [4.78, 5) is 35.8. The monoisotopic (exact) mass is 438 g/mol. The van der Waals surface area contributed by atoms with Gasteiger partial charge in [0.2, 0.25) is 5.91 Å². The Labute approximate surface area is 188 Å². The molecule has 2 aromatic rings. The van der Waals surface area contributed by atoms with Gasteiger partial charge in [0.25, 0.3) is 0 Å². The number of fused-ring (bicyclic) bond motifs is 3. The molecule has 170 valence electrons. The maximum atomic E-state index is 12.3. The van der Waals surface area contributed by atoms with Crippen molar-refractivity contribution in [3.05, 3.63) is 59.7 Å². The van der Waals surface area contributed by atoms with Gasteiger partial charge < -0.3 is 20.5 Å². The number of amides is 2. The average molecular weight is 439 g/mol. The first-order valence-electron chi connectivity index (χ1n) is 10.9. The summed E-state index contributed by atoms with van der Waals surface area (Å²) in [5.41, 5.74) is 4.58. The Bertz CT molecular complexity index is 942. The molecule has 3 rings (SSSR count). The Morgan fingerprint density at radius 1 is 0.906 bits per heavy atom. The van der Waals surface area contributed by atoms with Gasteiger partial charge in [-0.3, -0.25) is 9.59 Å². The lowest BCUT2D eigenvalue weighted by Gasteiger charge is -2.19. The number of carbonyl (C=O) groups is 3. The number of ether oxygens (including phenoxy) is 1. The van der Waals surface area contributed by atoms with E-state index in [0.717, 1.165) is 22.3 Å². The molecule has 0 spiro atoms. The van der Waals surface area contributed by atoms with Gasteiger partial charge in [-0.25, -0.2) is 4.79 Å². The third-order valence-electron chi connectivity index (χ3n) is 5.96. The number of benzene rings is 2. The Morgan fingerprint density at radius 2 is 1.47 bits per heavy atom. The highest BCUT2D eigenvalue weighted by atomic mass is 16.5. The van der Waals surface area contributed by atoms with E-state index in [1.54, 1.807) is 20.8 Å². The van der Waals surface area contributed by atoms with Crippen LogP contribution in [0.4, 0.5) is 4.79 Å². The van der Waals surface area contributed by atoms with Crippen molar-refractivity contribution in [3.8, 4) is 11.1 Å². The summed E-state index contributed by atoms with van der Waals surface area (Å²) in [5.74, 6) is -2.54. The van der Waals surface area contributed by atoms with Crippen molar-refractivity contribution in [2.75, 3.05) is 19.7 Å². The van der Waals surface area contributed by atoms with Gasteiger partial charge in [0.1, 0.15) is 6.61 Å². The second kappa shape index (κ2) is 10.3. The fourth-order valence-corrected chi connectivity index (χ4v) is 3.97. The fourth-order valence-electron chi connectivity index (χ4n) is 3.97. The molecule has 0 aliphatic heterocycles. The first-order chi connectivity index (χ1) is 15.3. The molecule has 0 heterocycles. The van der Waals surface area contributed by atoms with Crippen molar-refractivity contribution in [1.29, 1.82) is 0 Å². The Balaban J connectivity index is 1.48. The van der Waals surface area contributed by atoms with Gasteiger partial charge in [-0.2, -0.15) is 0 Å². The molecule has 2 amide bonds. The van der Waals surface area contributed by atoms with Gasteiger partial charge in [-0.05, 0) is 28.2 Å². The van der Waals surface area contributed by atoms with Crippen LogP contribution in [-0.2, 0) is 14.3 Å². The summed E-state index contributed by atoms with van der Waals surface area (Å²) in [6.07, 6.45) is -0.586. The largest absolute Gasteiger partial charge is 0.481 e. The van der Waals surface area contributed by atoms with Gasteiger partial charge in [0.05, 0.1) is 11.8 Å². The third kappa shape index (κ3) is 5.28. The minimum atomic E-state index is -0.940. The molecule has 0 bridgehead atoms. The molecule has 2 unspecified atom stereocenters. The lowest BCUT2D eigenvalue weighted by Crippen LogP contribution is -2.41. The number of carbonyl (C=O) groups excluding carboxylic acids is 2. The molecule has 7 nitrogen and oxygen atoms in total. The molecule has 32 heavy (non-hydrogen) atoms. The Morgan fingerprint density at radius 3 is 2.00 bits per heavy atom. The van der Waals surface area contributed by atoms with E-state index >= 15 is 0 Å². The maximum absolute atomic E-state index is 12.3. The van der Waals surface area contributed by atoms with E-state index in [1.807, 2.05) is 24.3 Å². The van der Waals surface area contributed by atoms with Crippen LogP contribution in [0.5, 0.6) is 0 Å². The first-order valence-corrected chi connectivity index (χ1v) is 10.9. The predicted octanol–water partition coefficient (Wildman–Crippen LogP) is 3.63. The molecule has 3 N–H and O–H groups in total. The highest BCUT2D eigenvalue weighted by molar-refractivity contribution is 5.81. The summed E-state index contributed by atoms with van der Waals surface area (Å²) in [6.45, 7) is 5.63. The minimum Gasteiger partial charge on any atom is -0.481 e. The van der Waals surface area contributed by atoms with Crippen LogP contribution in [0.15, 0.2) is 48.5 Å². The normalized spacial score (nSPS) is 14.2. The van der Waals surface area contributed by atoms with E-state index < -0.39 is 23.9 Å². The van der Waals surface area contributed by atoms with Crippen molar-refractivity contribution in [1.82, 2.24) is 10.6 Å². The summed E-state index contributed by atoms with van der Waals surface area (Å²) >= 11 is 0. The molecule has 2 atom stereocenters. The molecule has 0 saturated carbocycles. The minimum absolute atomic E-state index is 0.0298. The van der Waals surface area contributed by atoms with Crippen LogP contribution in [0.1, 0.15) is 37.8 Å². The van der Waals surface area contributed by atoms with Crippen LogP contribution in [0.25, 0.3) is 11.1 Å². The van der Waals surface area contributed by atoms with Crippen LogP contribution >= 0.6 is 0 Å². The van der Waals surface area contributed by atoms with Gasteiger partial charge in [0.15, 0.2) is 0 Å². The lowest BCUT2D eigenvalue weighted by atomic mass is 9.96. The molecule has 0 radical (unpaired) electrons. The second-order valence-corrected chi connectivity index (χ2v) is 8.54. The highest BCUT2D eigenvalue weighted by Gasteiger charge is 2.29. The van der Waals surface area contributed by atoms with Crippen molar-refractivity contribution < 1.29 is 24.2 Å². The van der Waals surface area contributed by atoms with E-state index in [2.05, 4.69) is 34.9 Å². The van der Waals surface area contributed by atoms with E-state index in [9.17, 15) is 19.5 Å². The van der Waals surface area contributed by atoms with Crippen molar-refractivity contribution >= 4 is 18.0 Å². The number of aliphatic carboxylic acids is 1. The lowest BCUT2D eigenvalue weighted by molar-refractivity contribution is -0.143. The van der Waals surface area contributed by atoms with Crippen LogP contribution in [0.3, 0.4) is 0 Å². The molecule has 0 aromatic heterocycles. The number of carboxylic acid groups (broad SMARTS) is 1. The van der Waals surface area contributed by atoms with E-state index in [0.29, 0.717) is 0 Å². The number of rotatable bonds is 9. The van der Waals surface area contributed by atoms with Gasteiger partial charge in [-0.15, -0.1) is 0 Å². The summed E-state index contributed by atoms with van der Waals surface area (Å²) in [5, 5.41) is 14.5. The van der Waals surface area contributed by atoms with Crippen molar-refractivity contribution in [2.45, 2.75) is 26.7 Å². The number of hydrogen-bond donors (Lipinski definition) is 3. The molecular formula is C25H30N2O5. The molecule has 7 heteroatoms. The van der Waals surface area contributed by atoms with Crippen LogP contribution in [-0.4, -0.2) is 42.8 Å². The first kappa shape index (κ1) is 23.3. The molecule has 0 fully saturated rings. The zero-order chi connectivity index (χ0) is 23.3. The van der Waals surface area contributed by atoms with Gasteiger partial charge in [0, 0.05) is 19.0 Å². The number of nitrogens with one attached hydrogen (secondary N) is 2. The van der Waals surface area contributed by atoms with Gasteiger partial charge >= 0.3 is 12.1 Å². The second-order valence-electron chi connectivity index (χ2n) is 8.54. The topological polar surface area (TPSA) is 105 Å². The standard InChI is InChI=1S/C25H30N2O5/c1-15(2)21(24(29)30)13-26-23(28)16(3)12-27-25(31)32-14-22-19-10-6-4-8-17(19)18-9-5-7-11-20(18)22/h4-11,15-16,21-22H,12-14H2,1-3H3,(H,26,28)(H,27,31)(H,29,30). The van der Waals surface area contributed by atoms with Crippen LogP contribution in [0, 0.1) is 17.8 Å². The summed E-state index contributed by atoms with van der Waals surface area (Å²) in [6, 6.07) is 16.2. The predicted molar refractivity (Wildman–Crippen MR) is 121 cm³/mol. The smallest absolute Gasteiger partial charge is 0.407 e. The van der Waals surface area contributed by atoms with E-state index in [4.69, 9.17) is 4.74 Å². The molecule has 1 aliphatic carbocycles. The summed E-state index contributed by atoms with van der Waals surface area (Å²) in [7, 11) is 0. The molecular weight excluding hydrogens is 408 g/mol. The van der Waals surface area contributed by atoms with E-state index in [-0.39, 0.29) is 37.4 Å². The SMILES string of the molecule is CC(CNC(=O)OCC1c2ccccc2-c2ccccc21)C(=O)NCC(C(=O)O)C(C)C. The number of hydrogen-bond acceptors (Lipinski definition) is 4. The van der Waals surface area contributed by atoms with Crippen molar-refractivity contribution in [2.24, 2.45) is 17.8 Å². The maximum Gasteiger partial charge on any atom is 0.407 e. The van der Waals surface area contributed by atoms with Crippen LogP contribution in [0.2, 0.25) is 0 Å². The van der Waals surface area contributed by atoms with Crippen molar-refractivity contribution in [3.63, 3.8) is 0 Å². The molecule has 2 aromatic carbocycles. The quantitative estimate of drug-likeness (QED) is 0.555. The summed E-state index contributed by atoms with van der Waals surface area (Å²) < 4.78 is 5.47. The zero-order valence-corrected chi connectivity index (χ0v) is 18.6.